The van der Waals surface area contributed by atoms with Gasteiger partial charge >= 0.3 is 5.97 Å². The normalized spacial score (nSPS) is 15.4. The van der Waals surface area contributed by atoms with Crippen molar-refractivity contribution in [2.24, 2.45) is 11.8 Å². The van der Waals surface area contributed by atoms with Crippen molar-refractivity contribution >= 4 is 23.4 Å². The molecule has 0 saturated heterocycles. The van der Waals surface area contributed by atoms with Crippen LogP contribution in [0.1, 0.15) is 59.2 Å². The Hall–Kier alpha value is -2.44. The molecular weight excluding hydrogens is 423 g/mol. The molecule has 0 amide bonds. The van der Waals surface area contributed by atoms with E-state index in [9.17, 15) is 24.2 Å². The third-order valence-corrected chi connectivity index (χ3v) is 6.36. The Morgan fingerprint density at radius 3 is 2.55 bits per heavy atom. The second kappa shape index (κ2) is 9.79. The zero-order valence-corrected chi connectivity index (χ0v) is 18.3. The highest BCUT2D eigenvalue weighted by Crippen LogP contribution is 2.47. The number of hydrogen-bond donors (Lipinski definition) is 2. The first-order chi connectivity index (χ1) is 14.8. The molecule has 0 spiro atoms. The van der Waals surface area contributed by atoms with Gasteiger partial charge in [-0.05, 0) is 60.4 Å². The summed E-state index contributed by atoms with van der Waals surface area (Å²) in [5.41, 5.74) is 1.19. The Morgan fingerprint density at radius 2 is 1.97 bits per heavy atom. The van der Waals surface area contributed by atoms with Crippen molar-refractivity contribution in [2.45, 2.75) is 45.1 Å². The van der Waals surface area contributed by atoms with E-state index >= 15 is 0 Å². The largest absolute Gasteiger partial charge is 0.508 e. The van der Waals surface area contributed by atoms with Gasteiger partial charge in [0.1, 0.15) is 11.6 Å². The molecule has 2 aromatic carbocycles. The maximum Gasteiger partial charge on any atom is 0.309 e. The summed E-state index contributed by atoms with van der Waals surface area (Å²) in [6, 6.07) is 7.95. The highest BCUT2D eigenvalue weighted by molar-refractivity contribution is 6.31. The number of hydrogen-bond acceptors (Lipinski definition) is 5. The average Bonchev–Trinajstić information content (AvgIpc) is 3.57. The summed E-state index contributed by atoms with van der Waals surface area (Å²) in [4.78, 5) is 24.5. The Morgan fingerprint density at radius 1 is 1.26 bits per heavy atom. The number of halogens is 2. The first kappa shape index (κ1) is 23.2. The topological polar surface area (TPSA) is 83.8 Å². The van der Waals surface area contributed by atoms with Crippen LogP contribution < -0.4 is 0 Å². The third-order valence-electron chi connectivity index (χ3n) is 6.00. The van der Waals surface area contributed by atoms with Crippen LogP contribution in [0.15, 0.2) is 30.3 Å². The minimum absolute atomic E-state index is 0.0130. The van der Waals surface area contributed by atoms with E-state index in [2.05, 4.69) is 0 Å². The van der Waals surface area contributed by atoms with Crippen molar-refractivity contribution in [1.29, 1.82) is 0 Å². The summed E-state index contributed by atoms with van der Waals surface area (Å²) in [7, 11) is 1.37. The fraction of sp³-hybridized carbons (Fsp3) is 0.417. The van der Waals surface area contributed by atoms with E-state index < -0.39 is 18.2 Å². The van der Waals surface area contributed by atoms with E-state index in [1.165, 1.54) is 19.2 Å². The van der Waals surface area contributed by atoms with E-state index in [1.54, 1.807) is 12.1 Å². The fourth-order valence-electron chi connectivity index (χ4n) is 4.10. The highest BCUT2D eigenvalue weighted by Gasteiger charge is 2.39. The van der Waals surface area contributed by atoms with Gasteiger partial charge in [0.05, 0.1) is 25.2 Å². The molecule has 7 heteroatoms. The van der Waals surface area contributed by atoms with Gasteiger partial charge in [-0.3, -0.25) is 9.59 Å². The molecule has 5 nitrogen and oxygen atoms in total. The van der Waals surface area contributed by atoms with Gasteiger partial charge in [-0.1, -0.05) is 30.7 Å². The van der Waals surface area contributed by atoms with Gasteiger partial charge in [0.2, 0.25) is 0 Å². The predicted molar refractivity (Wildman–Crippen MR) is 115 cm³/mol. The Kier molecular flexibility index (Phi) is 7.34. The quantitative estimate of drug-likeness (QED) is 0.425. The number of carbonyl (C=O) groups is 2. The fourth-order valence-corrected chi connectivity index (χ4v) is 4.30. The number of aromatic hydroxyl groups is 1. The third kappa shape index (κ3) is 5.08. The molecular formula is C24H26ClFO5. The van der Waals surface area contributed by atoms with Gasteiger partial charge < -0.3 is 14.9 Å². The number of phenolic OH excluding ortho intramolecular Hbond substituents is 1. The van der Waals surface area contributed by atoms with Crippen LogP contribution in [-0.4, -0.2) is 29.1 Å². The second-order valence-corrected chi connectivity index (χ2v) is 8.44. The lowest BCUT2D eigenvalue weighted by Crippen LogP contribution is -2.22. The van der Waals surface area contributed by atoms with Crippen LogP contribution in [0.4, 0.5) is 4.39 Å². The zero-order valence-electron chi connectivity index (χ0n) is 17.5. The highest BCUT2D eigenvalue weighted by atomic mass is 35.5. The van der Waals surface area contributed by atoms with Crippen molar-refractivity contribution in [3.8, 4) is 5.75 Å². The van der Waals surface area contributed by atoms with Crippen molar-refractivity contribution in [3.05, 3.63) is 63.4 Å². The number of ketones is 1. The molecule has 0 unspecified atom stereocenters. The number of carbonyl (C=O) groups excluding carboxylic acids is 2. The number of aryl methyl sites for hydroxylation is 1. The molecule has 2 atom stereocenters. The van der Waals surface area contributed by atoms with Gasteiger partial charge in [-0.15, -0.1) is 0 Å². The lowest BCUT2D eigenvalue weighted by molar-refractivity contribution is -0.145. The Labute approximate surface area is 185 Å². The van der Waals surface area contributed by atoms with Crippen LogP contribution in [0, 0.1) is 17.7 Å². The number of phenols is 1. The minimum atomic E-state index is -0.816. The number of aliphatic hydroxyl groups is 1. The number of aliphatic hydroxyl groups excluding tert-OH is 1. The number of methoxy groups -OCH3 is 1. The maximum atomic E-state index is 14.4. The number of benzene rings is 2. The van der Waals surface area contributed by atoms with Crippen LogP contribution in [0.5, 0.6) is 5.75 Å². The molecule has 0 radical (unpaired) electrons. The standard InChI is InChI=1S/C24H26ClFO5/c1-13(24(30)31-2)22(15-4-5-15)16-6-3-14(21(29)11-16)7-10-20(28)17-8-9-19(25)18(12-27)23(17)26/h3,6,8-9,11,13,15,22,27,29H,4-5,7,10,12H2,1-2H3/t13-,22-/m0/s1. The molecule has 1 aliphatic carbocycles. The van der Waals surface area contributed by atoms with Gasteiger partial charge in [0.25, 0.3) is 0 Å². The summed E-state index contributed by atoms with van der Waals surface area (Å²) < 4.78 is 19.3. The first-order valence-electron chi connectivity index (χ1n) is 10.3. The first-order valence-corrected chi connectivity index (χ1v) is 10.7. The Bertz CT molecular complexity index is 986. The van der Waals surface area contributed by atoms with Crippen LogP contribution in [0.25, 0.3) is 0 Å². The molecule has 31 heavy (non-hydrogen) atoms. The summed E-state index contributed by atoms with van der Waals surface area (Å²) in [5.74, 6) is -1.47. The molecule has 3 rings (SSSR count). The number of ether oxygens (including phenoxy) is 1. The summed E-state index contributed by atoms with van der Waals surface area (Å²) in [6.07, 6.45) is 2.28. The molecule has 1 aliphatic rings. The summed E-state index contributed by atoms with van der Waals surface area (Å²) in [6.45, 7) is 1.24. The molecule has 0 heterocycles. The number of esters is 1. The lowest BCUT2D eigenvalue weighted by Gasteiger charge is -2.23. The van der Waals surface area contributed by atoms with E-state index in [0.29, 0.717) is 11.5 Å². The molecule has 1 saturated carbocycles. The van der Waals surface area contributed by atoms with Crippen molar-refractivity contribution in [2.75, 3.05) is 7.11 Å². The van der Waals surface area contributed by atoms with Crippen molar-refractivity contribution < 1.29 is 28.9 Å². The van der Waals surface area contributed by atoms with E-state index in [0.717, 1.165) is 18.4 Å². The summed E-state index contributed by atoms with van der Waals surface area (Å²) in [5, 5.41) is 19.8. The van der Waals surface area contributed by atoms with E-state index in [-0.39, 0.29) is 52.5 Å². The van der Waals surface area contributed by atoms with Crippen LogP contribution in [0.3, 0.4) is 0 Å². The van der Waals surface area contributed by atoms with Crippen LogP contribution in [-0.2, 0) is 22.6 Å². The smallest absolute Gasteiger partial charge is 0.309 e. The average molecular weight is 449 g/mol. The van der Waals surface area contributed by atoms with Gasteiger partial charge in [0, 0.05) is 17.0 Å². The molecule has 166 valence electrons. The minimum Gasteiger partial charge on any atom is -0.508 e. The molecule has 2 aromatic rings. The van der Waals surface area contributed by atoms with Crippen molar-refractivity contribution in [1.82, 2.24) is 0 Å². The van der Waals surface area contributed by atoms with Gasteiger partial charge in [-0.25, -0.2) is 4.39 Å². The molecule has 1 fully saturated rings. The van der Waals surface area contributed by atoms with Crippen LogP contribution >= 0.6 is 11.6 Å². The number of Topliss-reactive ketones (excluding diaryl/α,β-unsaturated/α-hetero) is 1. The SMILES string of the molecule is COC(=O)[C@@H](C)[C@H](c1ccc(CCC(=O)c2ccc(Cl)c(CO)c2F)c(O)c1)C1CC1. The van der Waals surface area contributed by atoms with Crippen molar-refractivity contribution in [3.63, 3.8) is 0 Å². The molecule has 2 N–H and O–H groups in total. The van der Waals surface area contributed by atoms with Gasteiger partial charge in [-0.2, -0.15) is 0 Å². The van der Waals surface area contributed by atoms with E-state index in [4.69, 9.17) is 16.3 Å². The van der Waals surface area contributed by atoms with Gasteiger partial charge in [0.15, 0.2) is 5.78 Å². The Balaban J connectivity index is 1.74. The predicted octanol–water partition coefficient (Wildman–Crippen LogP) is 4.80. The van der Waals surface area contributed by atoms with E-state index in [1.807, 2.05) is 13.0 Å². The van der Waals surface area contributed by atoms with Crippen LogP contribution in [0.2, 0.25) is 5.02 Å². The second-order valence-electron chi connectivity index (χ2n) is 8.03. The number of rotatable bonds is 9. The molecule has 0 bridgehead atoms. The monoisotopic (exact) mass is 448 g/mol. The molecule has 0 aromatic heterocycles. The zero-order chi connectivity index (χ0) is 22.7. The lowest BCUT2D eigenvalue weighted by atomic mass is 9.82. The maximum absolute atomic E-state index is 14.4. The summed E-state index contributed by atoms with van der Waals surface area (Å²) >= 11 is 5.84. The molecule has 0 aliphatic heterocycles.